The molecule has 0 unspecified atom stereocenters. The first-order valence-corrected chi connectivity index (χ1v) is 10.2. The van der Waals surface area contributed by atoms with E-state index in [2.05, 4.69) is 9.88 Å². The lowest BCUT2D eigenvalue weighted by Gasteiger charge is -2.35. The molecule has 0 aliphatic carbocycles. The quantitative estimate of drug-likeness (QED) is 0.501. The lowest BCUT2D eigenvalue weighted by atomic mass is 10.2. The smallest absolute Gasteiger partial charge is 0.289 e. The number of ether oxygens (including phenoxy) is 2. The Morgan fingerprint density at radius 3 is 2.29 bits per heavy atom. The summed E-state index contributed by atoms with van der Waals surface area (Å²) in [6.45, 7) is 2.80. The van der Waals surface area contributed by atoms with Crippen molar-refractivity contribution in [3.05, 3.63) is 60.4 Å². The molecule has 0 radical (unpaired) electrons. The van der Waals surface area contributed by atoms with Gasteiger partial charge in [0.05, 0.1) is 19.7 Å². The van der Waals surface area contributed by atoms with E-state index in [9.17, 15) is 4.79 Å². The van der Waals surface area contributed by atoms with Gasteiger partial charge < -0.3 is 23.7 Å². The zero-order valence-corrected chi connectivity index (χ0v) is 17.5. The molecular weight excluding hydrogens is 394 g/mol. The van der Waals surface area contributed by atoms with Gasteiger partial charge in [0.25, 0.3) is 5.91 Å². The van der Waals surface area contributed by atoms with Crippen molar-refractivity contribution in [3.8, 4) is 11.5 Å². The highest BCUT2D eigenvalue weighted by atomic mass is 16.5. The molecule has 0 spiro atoms. The second-order valence-corrected chi connectivity index (χ2v) is 7.53. The number of benzene rings is 2. The molecule has 0 saturated carbocycles. The molecule has 7 heteroatoms. The van der Waals surface area contributed by atoms with Crippen molar-refractivity contribution in [3.63, 3.8) is 0 Å². The van der Waals surface area contributed by atoms with Gasteiger partial charge in [-0.2, -0.15) is 0 Å². The summed E-state index contributed by atoms with van der Waals surface area (Å²) >= 11 is 0. The van der Waals surface area contributed by atoms with Crippen LogP contribution >= 0.6 is 0 Å². The Morgan fingerprint density at radius 1 is 0.871 bits per heavy atom. The second-order valence-electron chi connectivity index (χ2n) is 7.53. The van der Waals surface area contributed by atoms with E-state index in [4.69, 9.17) is 13.9 Å². The number of fused-ring (bicyclic) bond motifs is 2. The van der Waals surface area contributed by atoms with Gasteiger partial charge in [-0.1, -0.05) is 0 Å². The Kier molecular flexibility index (Phi) is 4.86. The minimum Gasteiger partial charge on any atom is -0.497 e. The Balaban J connectivity index is 1.32. The van der Waals surface area contributed by atoms with E-state index in [1.807, 2.05) is 53.4 Å². The molecule has 2 aromatic heterocycles. The van der Waals surface area contributed by atoms with Crippen molar-refractivity contribution in [2.45, 2.75) is 0 Å². The van der Waals surface area contributed by atoms with Crippen molar-refractivity contribution in [1.82, 2.24) is 9.88 Å². The fourth-order valence-corrected chi connectivity index (χ4v) is 3.96. The van der Waals surface area contributed by atoms with Crippen LogP contribution in [-0.2, 0) is 0 Å². The maximum Gasteiger partial charge on any atom is 0.289 e. The number of anilines is 1. The molecule has 158 valence electrons. The third-order valence-corrected chi connectivity index (χ3v) is 5.72. The van der Waals surface area contributed by atoms with Crippen molar-refractivity contribution in [2.75, 3.05) is 45.3 Å². The SMILES string of the molecule is COc1ccc(N2CCN(C(=O)c3cc4cc5cc(OC)ccc5nc4o3)CC2)cc1. The van der Waals surface area contributed by atoms with Gasteiger partial charge >= 0.3 is 0 Å². The predicted octanol–water partition coefficient (Wildman–Crippen LogP) is 3.96. The van der Waals surface area contributed by atoms with Crippen LogP contribution in [0.4, 0.5) is 5.69 Å². The highest BCUT2D eigenvalue weighted by Crippen LogP contribution is 2.27. The second kappa shape index (κ2) is 7.83. The molecule has 1 aliphatic rings. The molecule has 0 N–H and O–H groups in total. The van der Waals surface area contributed by atoms with Gasteiger partial charge in [0.15, 0.2) is 5.76 Å². The van der Waals surface area contributed by atoms with Gasteiger partial charge in [-0.15, -0.1) is 0 Å². The zero-order valence-electron chi connectivity index (χ0n) is 17.5. The molecule has 1 amide bonds. The first kappa shape index (κ1) is 19.2. The fourth-order valence-electron chi connectivity index (χ4n) is 3.96. The normalized spacial score (nSPS) is 14.3. The van der Waals surface area contributed by atoms with Crippen LogP contribution in [0, 0.1) is 0 Å². The van der Waals surface area contributed by atoms with Crippen molar-refractivity contribution >= 4 is 33.6 Å². The molecule has 1 saturated heterocycles. The maximum atomic E-state index is 13.0. The summed E-state index contributed by atoms with van der Waals surface area (Å²) < 4.78 is 16.3. The van der Waals surface area contributed by atoms with E-state index in [0.717, 1.165) is 46.6 Å². The van der Waals surface area contributed by atoms with Crippen molar-refractivity contribution < 1.29 is 18.7 Å². The number of furan rings is 1. The molecule has 0 bridgehead atoms. The van der Waals surface area contributed by atoms with Gasteiger partial charge in [0.1, 0.15) is 11.5 Å². The van der Waals surface area contributed by atoms with Crippen LogP contribution in [0.15, 0.2) is 59.0 Å². The van der Waals surface area contributed by atoms with E-state index in [1.165, 1.54) is 0 Å². The Bertz CT molecular complexity index is 1240. The van der Waals surface area contributed by atoms with Crippen LogP contribution in [0.1, 0.15) is 10.6 Å². The van der Waals surface area contributed by atoms with Crippen molar-refractivity contribution in [2.24, 2.45) is 0 Å². The first-order valence-electron chi connectivity index (χ1n) is 10.2. The topological polar surface area (TPSA) is 68.0 Å². The average molecular weight is 417 g/mol. The van der Waals surface area contributed by atoms with Gasteiger partial charge in [-0.05, 0) is 54.6 Å². The fraction of sp³-hybridized carbons (Fsp3) is 0.250. The monoisotopic (exact) mass is 417 g/mol. The summed E-state index contributed by atoms with van der Waals surface area (Å²) in [4.78, 5) is 21.7. The molecule has 7 nitrogen and oxygen atoms in total. The van der Waals surface area contributed by atoms with E-state index in [-0.39, 0.29) is 5.91 Å². The van der Waals surface area contributed by atoms with Crippen LogP contribution in [0.3, 0.4) is 0 Å². The number of methoxy groups -OCH3 is 2. The number of hydrogen-bond donors (Lipinski definition) is 0. The maximum absolute atomic E-state index is 13.0. The minimum absolute atomic E-state index is 0.103. The molecule has 3 heterocycles. The molecule has 4 aromatic rings. The summed E-state index contributed by atoms with van der Waals surface area (Å²) in [5.41, 5.74) is 2.40. The third-order valence-electron chi connectivity index (χ3n) is 5.72. The number of piperazine rings is 1. The third kappa shape index (κ3) is 3.63. The molecule has 1 aliphatic heterocycles. The summed E-state index contributed by atoms with van der Waals surface area (Å²) in [5, 5.41) is 1.75. The number of nitrogens with zero attached hydrogens (tertiary/aromatic N) is 3. The first-order chi connectivity index (χ1) is 15.1. The average Bonchev–Trinajstić information content (AvgIpc) is 3.24. The molecule has 2 aromatic carbocycles. The minimum atomic E-state index is -0.103. The predicted molar refractivity (Wildman–Crippen MR) is 119 cm³/mol. The highest BCUT2D eigenvalue weighted by Gasteiger charge is 2.25. The summed E-state index contributed by atoms with van der Waals surface area (Å²) in [7, 11) is 3.29. The molecule has 1 fully saturated rings. The molecule has 31 heavy (non-hydrogen) atoms. The van der Waals surface area contributed by atoms with Gasteiger partial charge in [-0.25, -0.2) is 4.98 Å². The molecule has 5 rings (SSSR count). The molecular formula is C24H23N3O4. The number of amides is 1. The Labute approximate surface area is 179 Å². The van der Waals surface area contributed by atoms with Crippen LogP contribution < -0.4 is 14.4 Å². The number of aromatic nitrogens is 1. The van der Waals surface area contributed by atoms with Crippen LogP contribution in [-0.4, -0.2) is 56.2 Å². The van der Waals surface area contributed by atoms with E-state index >= 15 is 0 Å². The van der Waals surface area contributed by atoms with Crippen LogP contribution in [0.25, 0.3) is 22.0 Å². The van der Waals surface area contributed by atoms with Crippen LogP contribution in [0.2, 0.25) is 0 Å². The Hall–Kier alpha value is -3.74. The van der Waals surface area contributed by atoms with Crippen molar-refractivity contribution in [1.29, 1.82) is 0 Å². The standard InChI is InChI=1S/C24H23N3O4/c1-29-19-5-3-18(4-6-19)26-9-11-27(12-10-26)24(28)22-15-17-13-16-14-20(30-2)7-8-21(16)25-23(17)31-22/h3-8,13-15H,9-12H2,1-2H3. The van der Waals surface area contributed by atoms with Crippen LogP contribution in [0.5, 0.6) is 11.5 Å². The highest BCUT2D eigenvalue weighted by molar-refractivity contribution is 5.98. The van der Waals surface area contributed by atoms with E-state index < -0.39 is 0 Å². The van der Waals surface area contributed by atoms with E-state index in [0.29, 0.717) is 24.6 Å². The number of carbonyl (C=O) groups excluding carboxylic acids is 1. The van der Waals surface area contributed by atoms with Gasteiger partial charge in [0, 0.05) is 42.6 Å². The number of hydrogen-bond acceptors (Lipinski definition) is 6. The summed E-state index contributed by atoms with van der Waals surface area (Å²) in [6, 6.07) is 17.4. The summed E-state index contributed by atoms with van der Waals surface area (Å²) in [6.07, 6.45) is 0. The number of rotatable bonds is 4. The summed E-state index contributed by atoms with van der Waals surface area (Å²) in [5.74, 6) is 1.82. The van der Waals surface area contributed by atoms with E-state index in [1.54, 1.807) is 20.3 Å². The number of carbonyl (C=O) groups is 1. The lowest BCUT2D eigenvalue weighted by molar-refractivity contribution is 0.0717. The largest absolute Gasteiger partial charge is 0.497 e. The van der Waals surface area contributed by atoms with Gasteiger partial charge in [0.2, 0.25) is 5.71 Å². The Morgan fingerprint density at radius 2 is 1.58 bits per heavy atom. The number of pyridine rings is 1. The lowest BCUT2D eigenvalue weighted by Crippen LogP contribution is -2.48. The van der Waals surface area contributed by atoms with Gasteiger partial charge in [-0.3, -0.25) is 4.79 Å². The zero-order chi connectivity index (χ0) is 21.4. The molecule has 0 atom stereocenters.